The number of piperidine rings is 1. The second kappa shape index (κ2) is 14.2. The number of aliphatic hydroxyl groups excluding tert-OH is 1. The number of aliphatic hydroxyl groups is 1. The zero-order valence-electron chi connectivity index (χ0n) is 22.7. The predicted molar refractivity (Wildman–Crippen MR) is 164 cm³/mol. The Morgan fingerprint density at radius 3 is 2.90 bits per heavy atom. The van der Waals surface area contributed by atoms with E-state index in [2.05, 4.69) is 55.4 Å². The maximum absolute atomic E-state index is 10.9. The van der Waals surface area contributed by atoms with Crippen molar-refractivity contribution in [3.8, 4) is 0 Å². The van der Waals surface area contributed by atoms with Crippen molar-refractivity contribution >= 4 is 53.3 Å². The molecule has 2 aromatic rings. The molecule has 0 bridgehead atoms. The summed E-state index contributed by atoms with van der Waals surface area (Å²) >= 11 is 1.54. The fourth-order valence-electron chi connectivity index (χ4n) is 5.46. The van der Waals surface area contributed by atoms with E-state index in [0.717, 1.165) is 38.2 Å². The number of hydrogen-bond acceptors (Lipinski definition) is 9. The van der Waals surface area contributed by atoms with Crippen LogP contribution in [0.15, 0.2) is 47.6 Å². The Morgan fingerprint density at radius 1 is 1.26 bits per heavy atom. The average molecular weight is 552 g/mol. The predicted octanol–water partition coefficient (Wildman–Crippen LogP) is 5.07. The summed E-state index contributed by atoms with van der Waals surface area (Å²) in [5, 5.41) is 15.1. The van der Waals surface area contributed by atoms with E-state index in [4.69, 9.17) is 10.8 Å². The van der Waals surface area contributed by atoms with Crippen LogP contribution in [0.25, 0.3) is 0 Å². The molecule has 0 unspecified atom stereocenters. The van der Waals surface area contributed by atoms with Crippen molar-refractivity contribution in [3.63, 3.8) is 0 Å². The monoisotopic (exact) mass is 551 g/mol. The van der Waals surface area contributed by atoms with Crippen LogP contribution in [-0.4, -0.2) is 54.7 Å². The van der Waals surface area contributed by atoms with Gasteiger partial charge in [0, 0.05) is 43.0 Å². The largest absolute Gasteiger partial charge is 0.405 e. The first-order valence-corrected chi connectivity index (χ1v) is 14.8. The van der Waals surface area contributed by atoms with Crippen molar-refractivity contribution in [2.75, 3.05) is 52.2 Å². The number of carbonyl (C=O) groups is 1. The molecule has 9 nitrogen and oxygen atoms in total. The summed E-state index contributed by atoms with van der Waals surface area (Å²) in [6.07, 6.45) is 12.7. The van der Waals surface area contributed by atoms with Crippen molar-refractivity contribution in [3.05, 3.63) is 48.2 Å². The molecule has 210 valence electrons. The van der Waals surface area contributed by atoms with Crippen LogP contribution in [0, 0.1) is 18.3 Å². The number of amides is 1. The first-order chi connectivity index (χ1) is 19.1. The lowest BCUT2D eigenvalue weighted by molar-refractivity contribution is -0.105. The smallest absolute Gasteiger partial charge is 0.212 e. The molecule has 1 aromatic heterocycles. The Bertz CT molecular complexity index is 1150. The first kappa shape index (κ1) is 28.8. The van der Waals surface area contributed by atoms with Gasteiger partial charge in [-0.1, -0.05) is 24.4 Å². The molecule has 1 saturated heterocycles. The van der Waals surface area contributed by atoms with Gasteiger partial charge in [0.2, 0.25) is 6.41 Å². The van der Waals surface area contributed by atoms with E-state index in [1.807, 2.05) is 6.07 Å². The fraction of sp³-hybridized carbons (Fsp3) is 0.483. The van der Waals surface area contributed by atoms with Gasteiger partial charge < -0.3 is 31.1 Å². The number of anilines is 4. The lowest BCUT2D eigenvalue weighted by atomic mass is 9.79. The van der Waals surface area contributed by atoms with Crippen molar-refractivity contribution < 1.29 is 9.90 Å². The summed E-state index contributed by atoms with van der Waals surface area (Å²) in [5.74, 6) is 2.50. The molecule has 39 heavy (non-hydrogen) atoms. The summed E-state index contributed by atoms with van der Waals surface area (Å²) < 4.78 is 3.36. The van der Waals surface area contributed by atoms with Crippen LogP contribution < -0.4 is 26.0 Å². The number of nitrogens with one attached hydrogen (secondary N) is 3. The minimum atomic E-state index is 0.170. The minimum Gasteiger partial charge on any atom is -0.405 e. The second-order valence-corrected chi connectivity index (χ2v) is 11.2. The van der Waals surface area contributed by atoms with Gasteiger partial charge in [0.25, 0.3) is 0 Å². The number of carbonyl (C=O) groups excluding carboxylic acids is 1. The molecule has 2 aliphatic rings. The lowest BCUT2D eigenvalue weighted by Gasteiger charge is -2.41. The van der Waals surface area contributed by atoms with Crippen LogP contribution in [-0.2, 0) is 4.79 Å². The highest BCUT2D eigenvalue weighted by Crippen LogP contribution is 2.58. The van der Waals surface area contributed by atoms with Crippen LogP contribution >= 0.6 is 11.9 Å². The number of unbranched alkanes of at least 4 members (excludes halogenated alkanes) is 1. The maximum atomic E-state index is 10.9. The third-order valence-electron chi connectivity index (χ3n) is 7.78. The number of benzene rings is 1. The average Bonchev–Trinajstić information content (AvgIpc) is 3.72. The van der Waals surface area contributed by atoms with Gasteiger partial charge in [0.15, 0.2) is 5.82 Å². The van der Waals surface area contributed by atoms with E-state index < -0.39 is 0 Å². The van der Waals surface area contributed by atoms with E-state index in [9.17, 15) is 4.79 Å². The molecule has 4 rings (SSSR count). The molecule has 2 heterocycles. The second-order valence-electron chi connectivity index (χ2n) is 10.3. The molecule has 1 amide bonds. The highest BCUT2D eigenvalue weighted by molar-refractivity contribution is 8.00. The van der Waals surface area contributed by atoms with Gasteiger partial charge in [-0.2, -0.15) is 0 Å². The molecule has 0 radical (unpaired) electrons. The molecule has 2 fully saturated rings. The van der Waals surface area contributed by atoms with Gasteiger partial charge in [0.1, 0.15) is 11.5 Å². The number of aliphatic imine (C=N–C) groups is 1. The summed E-state index contributed by atoms with van der Waals surface area (Å²) in [7, 11) is 0. The van der Waals surface area contributed by atoms with E-state index >= 15 is 0 Å². The number of allylic oxidation sites excluding steroid dienone is 1. The molecule has 1 aromatic carbocycles. The van der Waals surface area contributed by atoms with Crippen molar-refractivity contribution in [2.45, 2.75) is 45.4 Å². The number of hydrogen-bond donors (Lipinski definition) is 5. The number of rotatable bonds is 15. The number of nitrogens with two attached hydrogens (primary N) is 1. The number of pyridine rings is 1. The van der Waals surface area contributed by atoms with E-state index in [-0.39, 0.29) is 6.61 Å². The molecular weight excluding hydrogens is 510 g/mol. The minimum absolute atomic E-state index is 0.170. The van der Waals surface area contributed by atoms with Crippen LogP contribution in [0.5, 0.6) is 0 Å². The third kappa shape index (κ3) is 7.89. The lowest BCUT2D eigenvalue weighted by Crippen LogP contribution is -2.42. The topological polar surface area (TPSA) is 128 Å². The Morgan fingerprint density at radius 2 is 2.13 bits per heavy atom. The van der Waals surface area contributed by atoms with Crippen molar-refractivity contribution in [1.29, 1.82) is 0 Å². The fourth-order valence-corrected chi connectivity index (χ4v) is 5.95. The summed E-state index contributed by atoms with van der Waals surface area (Å²) in [4.78, 5) is 22.3. The molecule has 1 aliphatic heterocycles. The van der Waals surface area contributed by atoms with Gasteiger partial charge in [-0.3, -0.25) is 9.79 Å². The van der Waals surface area contributed by atoms with Crippen LogP contribution in [0.3, 0.4) is 0 Å². The number of nitrogens with zero attached hydrogens (tertiary/aromatic N) is 3. The van der Waals surface area contributed by atoms with Gasteiger partial charge in [-0.25, -0.2) is 4.98 Å². The van der Waals surface area contributed by atoms with Crippen molar-refractivity contribution in [1.82, 2.24) is 4.98 Å². The number of aryl methyl sites for hydroxylation is 1. The number of aromatic nitrogens is 1. The first-order valence-electron chi connectivity index (χ1n) is 13.8. The Hall–Kier alpha value is -3.24. The third-order valence-corrected chi connectivity index (χ3v) is 8.54. The SMILES string of the molecule is Cc1ccc(NSCCO)cc1N1CCC2(CC2)[C@H](CCCCNc2nc(NC=O)ccc2N=C/C=C\N)C1. The molecule has 6 N–H and O–H groups in total. The molecule has 1 aliphatic carbocycles. The van der Waals surface area contributed by atoms with Gasteiger partial charge in [-0.15, -0.1) is 0 Å². The standard InChI is InChI=1S/C29H41N7O2S/c1-22-6-7-24(35-39-18-17-37)19-26(22)36-16-12-29(10-11-29)23(20-36)5-2-3-14-32-28-25(31-15-4-13-30)8-9-27(34-28)33-21-38/h4,6-9,13,15,19,21,23,35,37H,2-3,5,10-12,14,16-18,20,30H2,1H3,(H2,32,33,34,38)/b13-4-,31-15?/t23-/m1/s1. The Kier molecular flexibility index (Phi) is 10.5. The van der Waals surface area contributed by atoms with E-state index in [1.165, 1.54) is 55.1 Å². The molecule has 1 atom stereocenters. The zero-order valence-corrected chi connectivity index (χ0v) is 23.6. The summed E-state index contributed by atoms with van der Waals surface area (Å²) in [5.41, 5.74) is 10.4. The van der Waals surface area contributed by atoms with Gasteiger partial charge in [-0.05, 0) is 92.5 Å². The zero-order chi connectivity index (χ0) is 27.5. The van der Waals surface area contributed by atoms with E-state index in [0.29, 0.717) is 40.8 Å². The van der Waals surface area contributed by atoms with Crippen LogP contribution in [0.2, 0.25) is 0 Å². The molecule has 1 saturated carbocycles. The Labute approximate surface area is 235 Å². The normalized spacial score (nSPS) is 18.1. The quantitative estimate of drug-likeness (QED) is 0.0898. The molecule has 1 spiro atoms. The highest BCUT2D eigenvalue weighted by Gasteiger charge is 2.51. The summed E-state index contributed by atoms with van der Waals surface area (Å²) in [6.45, 7) is 5.38. The maximum Gasteiger partial charge on any atom is 0.212 e. The Balaban J connectivity index is 1.32. The van der Waals surface area contributed by atoms with Crippen LogP contribution in [0.4, 0.5) is 28.7 Å². The van der Waals surface area contributed by atoms with Crippen molar-refractivity contribution in [2.24, 2.45) is 22.1 Å². The molecule has 10 heteroatoms. The van der Waals surface area contributed by atoms with Gasteiger partial charge in [0.05, 0.1) is 6.61 Å². The van der Waals surface area contributed by atoms with Gasteiger partial charge >= 0.3 is 0 Å². The highest BCUT2D eigenvalue weighted by atomic mass is 32.2. The van der Waals surface area contributed by atoms with Crippen LogP contribution in [0.1, 0.15) is 44.1 Å². The van der Waals surface area contributed by atoms with E-state index in [1.54, 1.807) is 18.4 Å². The summed E-state index contributed by atoms with van der Waals surface area (Å²) in [6, 6.07) is 10.1. The molecular formula is C29H41N7O2S.